The molecule has 2 N–H and O–H groups in total. The van der Waals surface area contributed by atoms with E-state index < -0.39 is 0 Å². The van der Waals surface area contributed by atoms with Crippen LogP contribution in [-0.2, 0) is 0 Å². The van der Waals surface area contributed by atoms with Gasteiger partial charge in [-0.15, -0.1) is 0 Å². The molecule has 2 aromatic carbocycles. The van der Waals surface area contributed by atoms with E-state index in [2.05, 4.69) is 0 Å². The number of rotatable bonds is 5. The minimum atomic E-state index is -0.194. The molecule has 0 fully saturated rings. The molecule has 0 spiro atoms. The highest BCUT2D eigenvalue weighted by Gasteiger charge is 2.15. The zero-order valence-electron chi connectivity index (χ0n) is 12.2. The van der Waals surface area contributed by atoms with E-state index in [1.807, 2.05) is 43.0 Å². The number of phenolic OH excluding ortho intramolecular Hbond substituents is 2. The maximum Gasteiger partial charge on any atom is 0.185 e. The smallest absolute Gasteiger partial charge is 0.185 e. The summed E-state index contributed by atoms with van der Waals surface area (Å²) in [5, 5.41) is 19.0. The van der Waals surface area contributed by atoms with Gasteiger partial charge in [-0.3, -0.25) is 4.79 Å². The van der Waals surface area contributed by atoms with Crippen molar-refractivity contribution in [2.75, 3.05) is 18.0 Å². The van der Waals surface area contributed by atoms with Gasteiger partial charge >= 0.3 is 0 Å². The van der Waals surface area contributed by atoms with Crippen LogP contribution in [0.2, 0.25) is 0 Å². The zero-order valence-corrected chi connectivity index (χ0v) is 12.2. The molecule has 0 radical (unpaired) electrons. The molecule has 0 saturated heterocycles. The van der Waals surface area contributed by atoms with Crippen LogP contribution >= 0.6 is 0 Å². The SMILES string of the molecule is CCN(CC(=O)c1ccc(O)cc1O)c1ccc(C)cc1. The fraction of sp³-hybridized carbons (Fsp3) is 0.235. The Morgan fingerprint density at radius 1 is 1.10 bits per heavy atom. The number of Topliss-reactive ketones (excluding diaryl/α,β-unsaturated/α-hetero) is 1. The van der Waals surface area contributed by atoms with Crippen LogP contribution in [0.15, 0.2) is 42.5 Å². The summed E-state index contributed by atoms with van der Waals surface area (Å²) < 4.78 is 0. The normalized spacial score (nSPS) is 10.4. The Bertz CT molecular complexity index is 635. The standard InChI is InChI=1S/C17H19NO3/c1-3-18(13-6-4-12(2)5-7-13)11-17(21)15-9-8-14(19)10-16(15)20/h4-10,19-20H,3,11H2,1-2H3. The maximum absolute atomic E-state index is 12.3. The molecule has 2 aromatic rings. The van der Waals surface area contributed by atoms with E-state index in [4.69, 9.17) is 0 Å². The van der Waals surface area contributed by atoms with Crippen LogP contribution in [0.5, 0.6) is 11.5 Å². The lowest BCUT2D eigenvalue weighted by Crippen LogP contribution is -2.29. The van der Waals surface area contributed by atoms with E-state index in [1.54, 1.807) is 0 Å². The highest BCUT2D eigenvalue weighted by Crippen LogP contribution is 2.24. The van der Waals surface area contributed by atoms with Gasteiger partial charge in [0.1, 0.15) is 11.5 Å². The molecule has 4 heteroatoms. The van der Waals surface area contributed by atoms with Crippen molar-refractivity contribution < 1.29 is 15.0 Å². The molecule has 4 nitrogen and oxygen atoms in total. The number of ketones is 1. The molecule has 0 saturated carbocycles. The van der Waals surface area contributed by atoms with E-state index in [0.717, 1.165) is 11.3 Å². The molecule has 0 bridgehead atoms. The molecule has 0 atom stereocenters. The summed E-state index contributed by atoms with van der Waals surface area (Å²) in [6, 6.07) is 12.0. The van der Waals surface area contributed by atoms with Crippen molar-refractivity contribution in [2.45, 2.75) is 13.8 Å². The first kappa shape index (κ1) is 14.9. The van der Waals surface area contributed by atoms with Crippen LogP contribution < -0.4 is 4.90 Å². The molecule has 0 aliphatic rings. The molecule has 0 aromatic heterocycles. The zero-order chi connectivity index (χ0) is 15.4. The van der Waals surface area contributed by atoms with Crippen molar-refractivity contribution in [1.29, 1.82) is 0 Å². The summed E-state index contributed by atoms with van der Waals surface area (Å²) in [5.41, 5.74) is 2.35. The van der Waals surface area contributed by atoms with Crippen molar-refractivity contribution in [3.63, 3.8) is 0 Å². The van der Waals surface area contributed by atoms with Gasteiger partial charge < -0.3 is 15.1 Å². The average Bonchev–Trinajstić information content (AvgIpc) is 2.45. The van der Waals surface area contributed by atoms with Crippen LogP contribution in [-0.4, -0.2) is 29.1 Å². The van der Waals surface area contributed by atoms with E-state index in [0.29, 0.717) is 6.54 Å². The second-order valence-electron chi connectivity index (χ2n) is 4.97. The van der Waals surface area contributed by atoms with Gasteiger partial charge in [-0.25, -0.2) is 0 Å². The summed E-state index contributed by atoms with van der Waals surface area (Å²) in [5.74, 6) is -0.440. The first-order chi connectivity index (χ1) is 10.0. The van der Waals surface area contributed by atoms with E-state index in [1.165, 1.54) is 18.2 Å². The highest BCUT2D eigenvalue weighted by molar-refractivity contribution is 6.01. The number of phenols is 2. The Morgan fingerprint density at radius 3 is 2.33 bits per heavy atom. The molecular weight excluding hydrogens is 266 g/mol. The van der Waals surface area contributed by atoms with Gasteiger partial charge in [0.15, 0.2) is 5.78 Å². The third kappa shape index (κ3) is 3.54. The Balaban J connectivity index is 2.18. The molecule has 0 aliphatic heterocycles. The first-order valence-corrected chi connectivity index (χ1v) is 6.88. The summed E-state index contributed by atoms with van der Waals surface area (Å²) >= 11 is 0. The van der Waals surface area contributed by atoms with Crippen LogP contribution in [0.3, 0.4) is 0 Å². The monoisotopic (exact) mass is 285 g/mol. The van der Waals surface area contributed by atoms with E-state index >= 15 is 0 Å². The second kappa shape index (κ2) is 6.31. The number of aromatic hydroxyl groups is 2. The number of aryl methyl sites for hydroxylation is 1. The largest absolute Gasteiger partial charge is 0.508 e. The summed E-state index contributed by atoms with van der Waals surface area (Å²) in [4.78, 5) is 14.2. The number of carbonyl (C=O) groups is 1. The average molecular weight is 285 g/mol. The van der Waals surface area contributed by atoms with Crippen molar-refractivity contribution >= 4 is 11.5 Å². The molecular formula is C17H19NO3. The van der Waals surface area contributed by atoms with Crippen molar-refractivity contribution in [3.05, 3.63) is 53.6 Å². The number of benzene rings is 2. The summed E-state index contributed by atoms with van der Waals surface area (Å²) in [6.45, 7) is 4.86. The quantitative estimate of drug-likeness (QED) is 0.829. The third-order valence-electron chi connectivity index (χ3n) is 3.40. The minimum Gasteiger partial charge on any atom is -0.508 e. The number of nitrogens with zero attached hydrogens (tertiary/aromatic N) is 1. The number of anilines is 1. The maximum atomic E-state index is 12.3. The molecule has 0 heterocycles. The number of likely N-dealkylation sites (N-methyl/N-ethyl adjacent to an activating group) is 1. The predicted octanol–water partition coefficient (Wildman–Crippen LogP) is 3.12. The number of carbonyl (C=O) groups excluding carboxylic acids is 1. The van der Waals surface area contributed by atoms with Gasteiger partial charge in [-0.1, -0.05) is 17.7 Å². The Morgan fingerprint density at radius 2 is 1.76 bits per heavy atom. The number of hydrogen-bond donors (Lipinski definition) is 2. The fourth-order valence-electron chi connectivity index (χ4n) is 2.16. The summed E-state index contributed by atoms with van der Waals surface area (Å²) in [6.07, 6.45) is 0. The van der Waals surface area contributed by atoms with Gasteiger partial charge in [0.25, 0.3) is 0 Å². The van der Waals surface area contributed by atoms with E-state index in [-0.39, 0.29) is 29.4 Å². The van der Waals surface area contributed by atoms with Crippen molar-refractivity contribution in [3.8, 4) is 11.5 Å². The van der Waals surface area contributed by atoms with Crippen molar-refractivity contribution in [2.24, 2.45) is 0 Å². The lowest BCUT2D eigenvalue weighted by Gasteiger charge is -2.22. The van der Waals surface area contributed by atoms with Crippen LogP contribution in [0.25, 0.3) is 0 Å². The number of hydrogen-bond acceptors (Lipinski definition) is 4. The molecule has 0 unspecified atom stereocenters. The Labute approximate surface area is 124 Å². The molecule has 21 heavy (non-hydrogen) atoms. The van der Waals surface area contributed by atoms with Crippen LogP contribution in [0.4, 0.5) is 5.69 Å². The fourth-order valence-corrected chi connectivity index (χ4v) is 2.16. The Kier molecular flexibility index (Phi) is 4.48. The molecule has 0 amide bonds. The topological polar surface area (TPSA) is 60.8 Å². The van der Waals surface area contributed by atoms with Gasteiger partial charge in [0.05, 0.1) is 12.1 Å². The highest BCUT2D eigenvalue weighted by atomic mass is 16.3. The van der Waals surface area contributed by atoms with Gasteiger partial charge in [0.2, 0.25) is 0 Å². The second-order valence-corrected chi connectivity index (χ2v) is 4.97. The lowest BCUT2D eigenvalue weighted by atomic mass is 10.1. The summed E-state index contributed by atoms with van der Waals surface area (Å²) in [7, 11) is 0. The molecule has 0 aliphatic carbocycles. The molecule has 110 valence electrons. The van der Waals surface area contributed by atoms with E-state index in [9.17, 15) is 15.0 Å². The lowest BCUT2D eigenvalue weighted by molar-refractivity contribution is 0.0996. The third-order valence-corrected chi connectivity index (χ3v) is 3.40. The van der Waals surface area contributed by atoms with Gasteiger partial charge in [0, 0.05) is 18.3 Å². The van der Waals surface area contributed by atoms with Crippen LogP contribution in [0.1, 0.15) is 22.8 Å². The molecule has 2 rings (SSSR count). The first-order valence-electron chi connectivity index (χ1n) is 6.88. The Hall–Kier alpha value is -2.49. The predicted molar refractivity (Wildman–Crippen MR) is 83.2 cm³/mol. The van der Waals surface area contributed by atoms with Crippen LogP contribution in [0, 0.1) is 6.92 Å². The van der Waals surface area contributed by atoms with Crippen molar-refractivity contribution in [1.82, 2.24) is 0 Å². The minimum absolute atomic E-state index is 0.0602. The van der Waals surface area contributed by atoms with Gasteiger partial charge in [-0.05, 0) is 38.1 Å². The van der Waals surface area contributed by atoms with Gasteiger partial charge in [-0.2, -0.15) is 0 Å².